The fraction of sp³-hybridized carbons (Fsp3) is 0.647. The second kappa shape index (κ2) is 6.67. The summed E-state index contributed by atoms with van der Waals surface area (Å²) in [4.78, 5) is 2.37. The van der Waals surface area contributed by atoms with Crippen LogP contribution in [0.2, 0.25) is 0 Å². The summed E-state index contributed by atoms with van der Waals surface area (Å²) >= 11 is 0. The Hall–Kier alpha value is -1.26. The Morgan fingerprint density at radius 2 is 1.67 bits per heavy atom. The second-order valence-electron chi connectivity index (χ2n) is 6.70. The van der Waals surface area contributed by atoms with Gasteiger partial charge < -0.3 is 21.7 Å². The first-order chi connectivity index (χ1) is 10.2. The highest BCUT2D eigenvalue weighted by molar-refractivity contribution is 5.55. The van der Waals surface area contributed by atoms with E-state index in [0.29, 0.717) is 12.1 Å². The van der Waals surface area contributed by atoms with Crippen LogP contribution in [0.25, 0.3) is 0 Å². The molecule has 1 unspecified atom stereocenters. The lowest BCUT2D eigenvalue weighted by Crippen LogP contribution is -2.29. The molecule has 116 valence electrons. The van der Waals surface area contributed by atoms with Crippen molar-refractivity contribution in [2.24, 2.45) is 17.4 Å². The zero-order valence-electron chi connectivity index (χ0n) is 12.8. The van der Waals surface area contributed by atoms with Crippen LogP contribution in [-0.2, 0) is 0 Å². The fourth-order valence-corrected chi connectivity index (χ4v) is 3.47. The summed E-state index contributed by atoms with van der Waals surface area (Å²) in [5.74, 6) is 0.779. The summed E-state index contributed by atoms with van der Waals surface area (Å²) in [5, 5.41) is 3.57. The van der Waals surface area contributed by atoms with Crippen molar-refractivity contribution < 1.29 is 0 Å². The first-order valence-electron chi connectivity index (χ1n) is 8.31. The average molecular weight is 288 g/mol. The van der Waals surface area contributed by atoms with E-state index in [0.717, 1.165) is 32.0 Å². The average Bonchev–Trinajstić information content (AvgIpc) is 2.94. The number of nitrogens with one attached hydrogen (secondary N) is 1. The third-order valence-electron chi connectivity index (χ3n) is 4.94. The molecule has 2 fully saturated rings. The van der Waals surface area contributed by atoms with Crippen LogP contribution in [0.15, 0.2) is 24.3 Å². The van der Waals surface area contributed by atoms with Crippen LogP contribution in [0.4, 0.5) is 11.4 Å². The number of anilines is 2. The molecule has 0 aromatic heterocycles. The van der Waals surface area contributed by atoms with Gasteiger partial charge in [0.15, 0.2) is 0 Å². The Kier molecular flexibility index (Phi) is 4.66. The summed E-state index contributed by atoms with van der Waals surface area (Å²) < 4.78 is 0. The van der Waals surface area contributed by atoms with Crippen molar-refractivity contribution in [1.82, 2.24) is 0 Å². The molecule has 1 aliphatic carbocycles. The number of hydrogen-bond donors (Lipinski definition) is 3. The first kappa shape index (κ1) is 14.7. The zero-order valence-corrected chi connectivity index (χ0v) is 12.8. The quantitative estimate of drug-likeness (QED) is 0.794. The van der Waals surface area contributed by atoms with Crippen molar-refractivity contribution in [3.8, 4) is 0 Å². The lowest BCUT2D eigenvalue weighted by molar-refractivity contribution is 0.339. The maximum Gasteiger partial charge on any atom is 0.0368 e. The van der Waals surface area contributed by atoms with E-state index in [2.05, 4.69) is 34.5 Å². The molecule has 0 radical (unpaired) electrons. The van der Waals surface area contributed by atoms with Crippen LogP contribution >= 0.6 is 0 Å². The van der Waals surface area contributed by atoms with Crippen molar-refractivity contribution in [1.29, 1.82) is 0 Å². The van der Waals surface area contributed by atoms with Crippen LogP contribution < -0.4 is 21.7 Å². The molecule has 1 saturated heterocycles. The minimum absolute atomic E-state index is 0.334. The number of hydrogen-bond acceptors (Lipinski definition) is 4. The van der Waals surface area contributed by atoms with E-state index in [-0.39, 0.29) is 0 Å². The van der Waals surface area contributed by atoms with E-state index in [1.165, 1.54) is 37.1 Å². The molecule has 5 N–H and O–H groups in total. The number of nitrogens with zero attached hydrogens (tertiary/aromatic N) is 1. The minimum atomic E-state index is 0.334. The van der Waals surface area contributed by atoms with Crippen molar-refractivity contribution in [2.45, 2.75) is 44.2 Å². The molecule has 0 spiro atoms. The van der Waals surface area contributed by atoms with Crippen molar-refractivity contribution >= 4 is 11.4 Å². The largest absolute Gasteiger partial charge is 0.385 e. The van der Waals surface area contributed by atoms with Gasteiger partial charge in [-0.15, -0.1) is 0 Å². The molecular weight excluding hydrogens is 260 g/mol. The maximum absolute atomic E-state index is 5.97. The van der Waals surface area contributed by atoms with Crippen molar-refractivity contribution in [3.05, 3.63) is 24.3 Å². The standard InChI is InChI=1S/C17H28N4/c18-14-3-1-13(2-4-14)11-20-16-5-7-17(8-6-16)21-10-9-15(19)12-21/h5-8,13-15,20H,1-4,9-12,18-19H2. The normalized spacial score (nSPS) is 29.6. The van der Waals surface area contributed by atoms with Gasteiger partial charge in [-0.2, -0.15) is 0 Å². The summed E-state index contributed by atoms with van der Waals surface area (Å²) in [5.41, 5.74) is 14.4. The van der Waals surface area contributed by atoms with Gasteiger partial charge in [-0.05, 0) is 62.3 Å². The van der Waals surface area contributed by atoms with Gasteiger partial charge in [0, 0.05) is 43.1 Å². The van der Waals surface area contributed by atoms with Gasteiger partial charge in [0.1, 0.15) is 0 Å². The zero-order chi connectivity index (χ0) is 14.7. The number of rotatable bonds is 4. The predicted octanol–water partition coefficient (Wildman–Crippen LogP) is 2.15. The van der Waals surface area contributed by atoms with Crippen LogP contribution in [0.3, 0.4) is 0 Å². The van der Waals surface area contributed by atoms with Crippen LogP contribution in [0.1, 0.15) is 32.1 Å². The molecule has 1 aromatic rings. The Labute approximate surface area is 127 Å². The van der Waals surface area contributed by atoms with Gasteiger partial charge in [0.05, 0.1) is 0 Å². The summed E-state index contributed by atoms with van der Waals surface area (Å²) in [6.45, 7) is 3.13. The highest BCUT2D eigenvalue weighted by atomic mass is 15.2. The molecule has 4 nitrogen and oxygen atoms in total. The molecule has 2 aliphatic rings. The van der Waals surface area contributed by atoms with Gasteiger partial charge in [-0.3, -0.25) is 0 Å². The molecule has 1 atom stereocenters. The third kappa shape index (κ3) is 3.89. The van der Waals surface area contributed by atoms with Crippen molar-refractivity contribution in [2.75, 3.05) is 29.9 Å². The number of benzene rings is 1. The SMILES string of the molecule is NC1CCC(CNc2ccc(N3CCC(N)C3)cc2)CC1. The van der Waals surface area contributed by atoms with Gasteiger partial charge in [0.25, 0.3) is 0 Å². The van der Waals surface area contributed by atoms with Gasteiger partial charge in [-0.1, -0.05) is 0 Å². The highest BCUT2D eigenvalue weighted by Gasteiger charge is 2.20. The molecular formula is C17H28N4. The van der Waals surface area contributed by atoms with Gasteiger partial charge in [0.2, 0.25) is 0 Å². The lowest BCUT2D eigenvalue weighted by atomic mass is 9.86. The molecule has 1 saturated carbocycles. The van der Waals surface area contributed by atoms with Crippen LogP contribution in [0.5, 0.6) is 0 Å². The van der Waals surface area contributed by atoms with Gasteiger partial charge >= 0.3 is 0 Å². The van der Waals surface area contributed by atoms with Crippen molar-refractivity contribution in [3.63, 3.8) is 0 Å². The monoisotopic (exact) mass is 288 g/mol. The van der Waals surface area contributed by atoms with E-state index >= 15 is 0 Å². The van der Waals surface area contributed by atoms with E-state index in [4.69, 9.17) is 11.5 Å². The molecule has 0 amide bonds. The van der Waals surface area contributed by atoms with E-state index < -0.39 is 0 Å². The minimum Gasteiger partial charge on any atom is -0.385 e. The molecule has 21 heavy (non-hydrogen) atoms. The fourth-order valence-electron chi connectivity index (χ4n) is 3.47. The molecule has 0 bridgehead atoms. The Morgan fingerprint density at radius 3 is 2.29 bits per heavy atom. The molecule has 1 aliphatic heterocycles. The lowest BCUT2D eigenvalue weighted by Gasteiger charge is -2.26. The summed E-state index contributed by atoms with van der Waals surface area (Å²) in [6.07, 6.45) is 5.99. The van der Waals surface area contributed by atoms with E-state index in [1.807, 2.05) is 0 Å². The Bertz CT molecular complexity index is 437. The maximum atomic E-state index is 5.97. The van der Waals surface area contributed by atoms with E-state index in [1.54, 1.807) is 0 Å². The van der Waals surface area contributed by atoms with Gasteiger partial charge in [-0.25, -0.2) is 0 Å². The van der Waals surface area contributed by atoms with Crippen LogP contribution in [-0.4, -0.2) is 31.7 Å². The van der Waals surface area contributed by atoms with Crippen LogP contribution in [0, 0.1) is 5.92 Å². The Morgan fingerprint density at radius 1 is 0.952 bits per heavy atom. The molecule has 3 rings (SSSR count). The summed E-state index contributed by atoms with van der Waals surface area (Å²) in [7, 11) is 0. The third-order valence-corrected chi connectivity index (χ3v) is 4.94. The molecule has 1 aromatic carbocycles. The Balaban J connectivity index is 1.48. The highest BCUT2D eigenvalue weighted by Crippen LogP contribution is 2.25. The topological polar surface area (TPSA) is 67.3 Å². The second-order valence-corrected chi connectivity index (χ2v) is 6.70. The van der Waals surface area contributed by atoms with E-state index in [9.17, 15) is 0 Å². The first-order valence-corrected chi connectivity index (χ1v) is 8.31. The number of nitrogens with two attached hydrogens (primary N) is 2. The smallest absolute Gasteiger partial charge is 0.0368 e. The molecule has 1 heterocycles. The predicted molar refractivity (Wildman–Crippen MR) is 89.7 cm³/mol. The summed E-state index contributed by atoms with van der Waals surface area (Å²) in [6, 6.07) is 9.56. The molecule has 4 heteroatoms.